The first-order valence-corrected chi connectivity index (χ1v) is 6.02. The van der Waals surface area contributed by atoms with E-state index in [9.17, 15) is 0 Å². The number of aryl methyl sites for hydroxylation is 1. The van der Waals surface area contributed by atoms with Gasteiger partial charge in [0.15, 0.2) is 0 Å². The molecule has 0 fully saturated rings. The Kier molecular flexibility index (Phi) is 2.69. The van der Waals surface area contributed by atoms with Gasteiger partial charge in [-0.2, -0.15) is 0 Å². The third-order valence-corrected chi connectivity index (χ3v) is 3.27. The van der Waals surface area contributed by atoms with Crippen molar-refractivity contribution >= 4 is 17.4 Å². The van der Waals surface area contributed by atoms with Gasteiger partial charge in [-0.3, -0.25) is 0 Å². The van der Waals surface area contributed by atoms with Crippen LogP contribution in [0.2, 0.25) is 5.15 Å². The summed E-state index contributed by atoms with van der Waals surface area (Å²) >= 11 is 5.71. The maximum absolute atomic E-state index is 5.71. The molecule has 0 saturated heterocycles. The van der Waals surface area contributed by atoms with Gasteiger partial charge in [-0.25, -0.2) is 9.97 Å². The molecule has 3 rings (SSSR count). The third kappa shape index (κ3) is 2.11. The van der Waals surface area contributed by atoms with Crippen molar-refractivity contribution in [3.05, 3.63) is 52.9 Å². The normalized spacial score (nSPS) is 17.8. The fourth-order valence-corrected chi connectivity index (χ4v) is 2.37. The fraction of sp³-hybridized carbons (Fsp3) is 0.231. The van der Waals surface area contributed by atoms with Crippen LogP contribution in [0.4, 0.5) is 5.82 Å². The monoisotopic (exact) mass is 245 g/mol. The Hall–Kier alpha value is -1.61. The van der Waals surface area contributed by atoms with Gasteiger partial charge in [0.25, 0.3) is 0 Å². The van der Waals surface area contributed by atoms with E-state index >= 15 is 0 Å². The zero-order chi connectivity index (χ0) is 11.7. The standard InChI is InChI=1S/C13H12ClN3/c14-12-7-16-13(8-15-12)17-11-6-5-9-3-1-2-4-10(9)11/h1-4,7-8,11H,5-6H2,(H,16,17). The zero-order valence-corrected chi connectivity index (χ0v) is 9.98. The van der Waals surface area contributed by atoms with Crippen LogP contribution in [0.15, 0.2) is 36.7 Å². The van der Waals surface area contributed by atoms with E-state index < -0.39 is 0 Å². The minimum absolute atomic E-state index is 0.335. The van der Waals surface area contributed by atoms with Gasteiger partial charge in [0, 0.05) is 0 Å². The molecule has 1 unspecified atom stereocenters. The average molecular weight is 246 g/mol. The Morgan fingerprint density at radius 3 is 2.88 bits per heavy atom. The van der Waals surface area contributed by atoms with Crippen molar-refractivity contribution in [3.8, 4) is 0 Å². The van der Waals surface area contributed by atoms with Crippen molar-refractivity contribution in [2.45, 2.75) is 18.9 Å². The van der Waals surface area contributed by atoms with Gasteiger partial charge >= 0.3 is 0 Å². The first kappa shape index (κ1) is 10.5. The van der Waals surface area contributed by atoms with Crippen molar-refractivity contribution in [1.29, 1.82) is 0 Å². The number of hydrogen-bond acceptors (Lipinski definition) is 3. The van der Waals surface area contributed by atoms with Gasteiger partial charge in [-0.05, 0) is 24.0 Å². The third-order valence-electron chi connectivity index (χ3n) is 3.08. The van der Waals surface area contributed by atoms with Gasteiger partial charge in [-0.1, -0.05) is 35.9 Å². The molecule has 0 aliphatic heterocycles. The molecule has 1 aromatic heterocycles. The Morgan fingerprint density at radius 1 is 1.18 bits per heavy atom. The van der Waals surface area contributed by atoms with Gasteiger partial charge in [-0.15, -0.1) is 0 Å². The van der Waals surface area contributed by atoms with Crippen LogP contribution >= 0.6 is 11.6 Å². The van der Waals surface area contributed by atoms with E-state index in [1.807, 2.05) is 0 Å². The van der Waals surface area contributed by atoms with Crippen molar-refractivity contribution in [2.24, 2.45) is 0 Å². The molecule has 0 saturated carbocycles. The van der Waals surface area contributed by atoms with Crippen molar-refractivity contribution in [1.82, 2.24) is 9.97 Å². The highest BCUT2D eigenvalue weighted by atomic mass is 35.5. The van der Waals surface area contributed by atoms with Crippen molar-refractivity contribution in [2.75, 3.05) is 5.32 Å². The number of hydrogen-bond donors (Lipinski definition) is 1. The summed E-state index contributed by atoms with van der Waals surface area (Å²) in [7, 11) is 0. The van der Waals surface area contributed by atoms with Crippen LogP contribution in [0.25, 0.3) is 0 Å². The van der Waals surface area contributed by atoms with Crippen molar-refractivity contribution in [3.63, 3.8) is 0 Å². The van der Waals surface area contributed by atoms with Crippen LogP contribution in [0.1, 0.15) is 23.6 Å². The van der Waals surface area contributed by atoms with Crippen LogP contribution in [0.5, 0.6) is 0 Å². The summed E-state index contributed by atoms with van der Waals surface area (Å²) in [5, 5.41) is 3.81. The lowest BCUT2D eigenvalue weighted by Crippen LogP contribution is -2.08. The van der Waals surface area contributed by atoms with Gasteiger partial charge < -0.3 is 5.32 Å². The van der Waals surface area contributed by atoms with E-state index in [2.05, 4.69) is 39.6 Å². The second-order valence-corrected chi connectivity index (χ2v) is 4.55. The number of halogens is 1. The molecule has 0 amide bonds. The van der Waals surface area contributed by atoms with E-state index in [4.69, 9.17) is 11.6 Å². The molecule has 2 aromatic rings. The largest absolute Gasteiger partial charge is 0.362 e. The Bertz CT molecular complexity index is 524. The lowest BCUT2D eigenvalue weighted by atomic mass is 10.1. The highest BCUT2D eigenvalue weighted by Gasteiger charge is 2.21. The summed E-state index contributed by atoms with van der Waals surface area (Å²) < 4.78 is 0. The summed E-state index contributed by atoms with van der Waals surface area (Å²) in [6.07, 6.45) is 5.45. The van der Waals surface area contributed by atoms with Gasteiger partial charge in [0.1, 0.15) is 11.0 Å². The summed E-state index contributed by atoms with van der Waals surface area (Å²) in [5.41, 5.74) is 2.79. The summed E-state index contributed by atoms with van der Waals surface area (Å²) in [6.45, 7) is 0. The predicted molar refractivity (Wildman–Crippen MR) is 68.2 cm³/mol. The SMILES string of the molecule is Clc1cnc(NC2CCc3ccccc32)cn1. The maximum Gasteiger partial charge on any atom is 0.147 e. The highest BCUT2D eigenvalue weighted by molar-refractivity contribution is 6.29. The summed E-state index contributed by atoms with van der Waals surface area (Å²) in [6, 6.07) is 8.85. The minimum Gasteiger partial charge on any atom is -0.362 e. The number of anilines is 1. The van der Waals surface area contributed by atoms with E-state index in [0.717, 1.165) is 18.7 Å². The van der Waals surface area contributed by atoms with E-state index in [0.29, 0.717) is 11.2 Å². The Labute approximate surface area is 105 Å². The number of benzene rings is 1. The summed E-state index contributed by atoms with van der Waals surface area (Å²) in [5.74, 6) is 0.774. The van der Waals surface area contributed by atoms with Crippen LogP contribution in [0.3, 0.4) is 0 Å². The van der Waals surface area contributed by atoms with E-state index in [-0.39, 0.29) is 0 Å². The Balaban J connectivity index is 1.81. The molecule has 0 spiro atoms. The topological polar surface area (TPSA) is 37.8 Å². The molecule has 1 aliphatic carbocycles. The summed E-state index contributed by atoms with van der Waals surface area (Å²) in [4.78, 5) is 8.23. The maximum atomic E-state index is 5.71. The second kappa shape index (κ2) is 4.34. The van der Waals surface area contributed by atoms with Crippen LogP contribution < -0.4 is 5.32 Å². The quantitative estimate of drug-likeness (QED) is 0.883. The van der Waals surface area contributed by atoms with Crippen LogP contribution in [-0.4, -0.2) is 9.97 Å². The highest BCUT2D eigenvalue weighted by Crippen LogP contribution is 2.32. The number of nitrogens with zero attached hydrogens (tertiary/aromatic N) is 2. The minimum atomic E-state index is 0.335. The average Bonchev–Trinajstić information content (AvgIpc) is 2.76. The first-order chi connectivity index (χ1) is 8.33. The molecule has 1 N–H and O–H groups in total. The van der Waals surface area contributed by atoms with Gasteiger partial charge in [0.05, 0.1) is 18.4 Å². The van der Waals surface area contributed by atoms with Gasteiger partial charge in [0.2, 0.25) is 0 Å². The zero-order valence-electron chi connectivity index (χ0n) is 9.23. The van der Waals surface area contributed by atoms with E-state index in [1.165, 1.54) is 11.1 Å². The van der Waals surface area contributed by atoms with Crippen LogP contribution in [-0.2, 0) is 6.42 Å². The van der Waals surface area contributed by atoms with E-state index in [1.54, 1.807) is 12.4 Å². The lowest BCUT2D eigenvalue weighted by Gasteiger charge is -2.14. The molecule has 17 heavy (non-hydrogen) atoms. The lowest BCUT2D eigenvalue weighted by molar-refractivity contribution is 0.756. The second-order valence-electron chi connectivity index (χ2n) is 4.16. The molecule has 1 aromatic carbocycles. The molecule has 0 bridgehead atoms. The molecule has 0 radical (unpaired) electrons. The number of rotatable bonds is 2. The Morgan fingerprint density at radius 2 is 2.06 bits per heavy atom. The molecule has 4 heteroatoms. The molecule has 3 nitrogen and oxygen atoms in total. The molecular weight excluding hydrogens is 234 g/mol. The molecule has 1 heterocycles. The number of fused-ring (bicyclic) bond motifs is 1. The van der Waals surface area contributed by atoms with Crippen molar-refractivity contribution < 1.29 is 0 Å². The molecule has 86 valence electrons. The fourth-order valence-electron chi connectivity index (χ4n) is 2.27. The molecule has 1 atom stereocenters. The molecule has 1 aliphatic rings. The molecular formula is C13H12ClN3. The predicted octanol–water partition coefficient (Wildman–Crippen LogP) is 3.23. The smallest absolute Gasteiger partial charge is 0.147 e. The van der Waals surface area contributed by atoms with Crippen LogP contribution in [0, 0.1) is 0 Å². The number of aromatic nitrogens is 2. The number of nitrogens with one attached hydrogen (secondary N) is 1. The first-order valence-electron chi connectivity index (χ1n) is 5.65.